The van der Waals surface area contributed by atoms with Crippen molar-refractivity contribution in [2.24, 2.45) is 7.05 Å². The number of aromatic nitrogens is 2. The SMILES string of the molecule is Cn1ccnc1CN1CCCCCc2cc(Cl)ccc2OC[C@@H](O)[C@@H](O)CC1. The lowest BCUT2D eigenvalue weighted by Crippen LogP contribution is -2.36. The van der Waals surface area contributed by atoms with Crippen LogP contribution < -0.4 is 4.74 Å². The lowest BCUT2D eigenvalue weighted by molar-refractivity contribution is -0.0164. The maximum absolute atomic E-state index is 10.4. The minimum Gasteiger partial charge on any atom is -0.491 e. The van der Waals surface area contributed by atoms with Gasteiger partial charge in [-0.05, 0) is 56.0 Å². The van der Waals surface area contributed by atoms with E-state index in [0.717, 1.165) is 55.9 Å². The third-order valence-electron chi connectivity index (χ3n) is 5.32. The molecule has 2 N–H and O–H groups in total. The molecule has 6 nitrogen and oxygen atoms in total. The van der Waals surface area contributed by atoms with Gasteiger partial charge in [0.2, 0.25) is 0 Å². The lowest BCUT2D eigenvalue weighted by Gasteiger charge is -2.26. The number of aliphatic hydroxyl groups is 2. The van der Waals surface area contributed by atoms with Gasteiger partial charge in [-0.1, -0.05) is 18.0 Å². The Morgan fingerprint density at radius 3 is 2.82 bits per heavy atom. The molecule has 0 spiro atoms. The first-order chi connectivity index (χ1) is 13.5. The Morgan fingerprint density at radius 2 is 2.04 bits per heavy atom. The lowest BCUT2D eigenvalue weighted by atomic mass is 10.0. The summed E-state index contributed by atoms with van der Waals surface area (Å²) in [6, 6.07) is 5.57. The van der Waals surface area contributed by atoms with Crippen molar-refractivity contribution >= 4 is 11.6 Å². The van der Waals surface area contributed by atoms with Crippen LogP contribution >= 0.6 is 11.6 Å². The molecule has 1 aliphatic heterocycles. The van der Waals surface area contributed by atoms with Gasteiger partial charge in [-0.25, -0.2) is 4.98 Å². The van der Waals surface area contributed by atoms with E-state index in [2.05, 4.69) is 9.88 Å². The summed E-state index contributed by atoms with van der Waals surface area (Å²) in [6.07, 6.45) is 6.59. The molecule has 0 radical (unpaired) electrons. The van der Waals surface area contributed by atoms with E-state index in [1.54, 1.807) is 12.3 Å². The number of benzene rings is 1. The number of nitrogens with zero attached hydrogens (tertiary/aromatic N) is 3. The summed E-state index contributed by atoms with van der Waals surface area (Å²) >= 11 is 6.14. The average molecular weight is 408 g/mol. The van der Waals surface area contributed by atoms with Gasteiger partial charge in [0, 0.05) is 31.0 Å². The average Bonchev–Trinajstić information content (AvgIpc) is 3.08. The Kier molecular flexibility index (Phi) is 7.73. The molecule has 28 heavy (non-hydrogen) atoms. The van der Waals surface area contributed by atoms with Crippen LogP contribution in [0.1, 0.15) is 37.1 Å². The number of aryl methyl sites for hydroxylation is 2. The van der Waals surface area contributed by atoms with Crippen molar-refractivity contribution in [3.05, 3.63) is 47.0 Å². The van der Waals surface area contributed by atoms with Gasteiger partial charge in [-0.3, -0.25) is 4.90 Å². The zero-order valence-corrected chi connectivity index (χ0v) is 17.2. The molecule has 154 valence electrons. The summed E-state index contributed by atoms with van der Waals surface area (Å²) in [5, 5.41) is 21.4. The van der Waals surface area contributed by atoms with Crippen LogP contribution in [-0.4, -0.2) is 56.6 Å². The number of aliphatic hydroxyl groups excluding tert-OH is 2. The van der Waals surface area contributed by atoms with E-state index in [9.17, 15) is 10.2 Å². The minimum absolute atomic E-state index is 0.0646. The molecular formula is C21H30ClN3O3. The van der Waals surface area contributed by atoms with Gasteiger partial charge in [0.15, 0.2) is 0 Å². The van der Waals surface area contributed by atoms with Gasteiger partial charge < -0.3 is 19.5 Å². The molecule has 0 fully saturated rings. The Balaban J connectivity index is 1.67. The number of hydrogen-bond donors (Lipinski definition) is 2. The fourth-order valence-electron chi connectivity index (χ4n) is 3.52. The zero-order chi connectivity index (χ0) is 19.9. The van der Waals surface area contributed by atoms with Crippen molar-refractivity contribution in [1.82, 2.24) is 14.5 Å². The van der Waals surface area contributed by atoms with E-state index in [1.807, 2.05) is 29.9 Å². The van der Waals surface area contributed by atoms with E-state index < -0.39 is 12.2 Å². The molecule has 0 saturated heterocycles. The predicted octanol–water partition coefficient (Wildman–Crippen LogP) is 2.79. The molecule has 0 amide bonds. The summed E-state index contributed by atoms with van der Waals surface area (Å²) in [4.78, 5) is 6.71. The first-order valence-corrected chi connectivity index (χ1v) is 10.4. The third-order valence-corrected chi connectivity index (χ3v) is 5.56. The highest BCUT2D eigenvalue weighted by Gasteiger charge is 2.20. The van der Waals surface area contributed by atoms with Crippen LogP contribution in [0.2, 0.25) is 5.02 Å². The molecule has 7 heteroatoms. The monoisotopic (exact) mass is 407 g/mol. The Bertz CT molecular complexity index is 752. The molecule has 0 bridgehead atoms. The van der Waals surface area contributed by atoms with Gasteiger partial charge in [0.1, 0.15) is 24.3 Å². The maximum Gasteiger partial charge on any atom is 0.122 e. The van der Waals surface area contributed by atoms with Crippen molar-refractivity contribution in [3.63, 3.8) is 0 Å². The van der Waals surface area contributed by atoms with Gasteiger partial charge in [-0.15, -0.1) is 0 Å². The number of imidazole rings is 1. The molecule has 0 saturated carbocycles. The quantitative estimate of drug-likeness (QED) is 0.801. The van der Waals surface area contributed by atoms with Crippen molar-refractivity contribution in [3.8, 4) is 5.75 Å². The number of rotatable bonds is 2. The number of hydrogen-bond acceptors (Lipinski definition) is 5. The van der Waals surface area contributed by atoms with Crippen LogP contribution in [0.5, 0.6) is 5.75 Å². The second-order valence-corrected chi connectivity index (χ2v) is 7.96. The Hall–Kier alpha value is -1.60. The zero-order valence-electron chi connectivity index (χ0n) is 16.4. The topological polar surface area (TPSA) is 70.8 Å². The summed E-state index contributed by atoms with van der Waals surface area (Å²) in [6.45, 7) is 2.45. The van der Waals surface area contributed by atoms with Crippen LogP contribution in [0.4, 0.5) is 0 Å². The summed E-state index contributed by atoms with van der Waals surface area (Å²) < 4.78 is 7.82. The standard InChI is InChI=1S/C21H30ClN3O3/c1-24-12-9-23-21(24)14-25-10-4-2-3-5-16-13-17(22)6-7-20(16)28-15-19(27)18(26)8-11-25/h6-7,9,12-13,18-19,26-27H,2-5,8,10-11,14-15H2,1H3/t18-,19+/m0/s1. The number of halogens is 1. The summed E-state index contributed by atoms with van der Waals surface area (Å²) in [7, 11) is 1.99. The fraction of sp³-hybridized carbons (Fsp3) is 0.571. The van der Waals surface area contributed by atoms with Crippen molar-refractivity contribution in [2.45, 2.75) is 50.9 Å². The Morgan fingerprint density at radius 1 is 1.18 bits per heavy atom. The summed E-state index contributed by atoms with van der Waals surface area (Å²) in [5.41, 5.74) is 1.05. The fourth-order valence-corrected chi connectivity index (χ4v) is 3.72. The van der Waals surface area contributed by atoms with Crippen molar-refractivity contribution in [1.29, 1.82) is 0 Å². The first kappa shape index (κ1) is 21.1. The van der Waals surface area contributed by atoms with Crippen LogP contribution in [0.15, 0.2) is 30.6 Å². The van der Waals surface area contributed by atoms with Crippen molar-refractivity contribution < 1.29 is 14.9 Å². The van der Waals surface area contributed by atoms with Gasteiger partial charge in [0.25, 0.3) is 0 Å². The van der Waals surface area contributed by atoms with E-state index in [0.29, 0.717) is 18.0 Å². The second kappa shape index (κ2) is 10.3. The molecule has 1 aliphatic rings. The first-order valence-electron chi connectivity index (χ1n) is 9.99. The van der Waals surface area contributed by atoms with Gasteiger partial charge in [-0.2, -0.15) is 0 Å². The highest BCUT2D eigenvalue weighted by Crippen LogP contribution is 2.25. The van der Waals surface area contributed by atoms with Crippen LogP contribution in [0.3, 0.4) is 0 Å². The molecular weight excluding hydrogens is 378 g/mol. The largest absolute Gasteiger partial charge is 0.491 e. The summed E-state index contributed by atoms with van der Waals surface area (Å²) in [5.74, 6) is 1.74. The Labute approximate surface area is 171 Å². The minimum atomic E-state index is -0.929. The smallest absolute Gasteiger partial charge is 0.122 e. The molecule has 0 aliphatic carbocycles. The molecule has 0 unspecified atom stereocenters. The molecule has 1 aromatic carbocycles. The molecule has 2 heterocycles. The van der Waals surface area contributed by atoms with Gasteiger partial charge >= 0.3 is 0 Å². The molecule has 3 rings (SSSR count). The van der Waals surface area contributed by atoms with Crippen LogP contribution in [0, 0.1) is 0 Å². The van der Waals surface area contributed by atoms with E-state index in [1.165, 1.54) is 0 Å². The third kappa shape index (κ3) is 5.95. The number of fused-ring (bicyclic) bond motifs is 1. The predicted molar refractivity (Wildman–Crippen MR) is 110 cm³/mol. The van der Waals surface area contributed by atoms with E-state index in [-0.39, 0.29) is 6.61 Å². The van der Waals surface area contributed by atoms with Crippen LogP contribution in [0.25, 0.3) is 0 Å². The second-order valence-electron chi connectivity index (χ2n) is 7.53. The van der Waals surface area contributed by atoms with Gasteiger partial charge in [0.05, 0.1) is 12.6 Å². The molecule has 1 aromatic heterocycles. The normalized spacial score (nSPS) is 22.9. The van der Waals surface area contributed by atoms with Crippen molar-refractivity contribution in [2.75, 3.05) is 19.7 Å². The van der Waals surface area contributed by atoms with E-state index >= 15 is 0 Å². The number of ether oxygens (including phenoxy) is 1. The molecule has 2 atom stereocenters. The van der Waals surface area contributed by atoms with Crippen LogP contribution in [-0.2, 0) is 20.0 Å². The highest BCUT2D eigenvalue weighted by molar-refractivity contribution is 6.30. The maximum atomic E-state index is 10.4. The molecule has 2 aromatic rings. The van der Waals surface area contributed by atoms with E-state index in [4.69, 9.17) is 16.3 Å². The highest BCUT2D eigenvalue weighted by atomic mass is 35.5.